The van der Waals surface area contributed by atoms with Gasteiger partial charge in [-0.2, -0.15) is 0 Å². The predicted octanol–water partition coefficient (Wildman–Crippen LogP) is 4.65. The normalized spacial score (nSPS) is 30.5. The summed E-state index contributed by atoms with van der Waals surface area (Å²) in [5, 5.41) is 12.1. The SMILES string of the molecule is CC(C)(C)C1NCC(C(C)(C)C2CNCCN2C(C)(C)C(C)(C)N2CCN(C(C)(C)C)CC2)NC1C(C)(C)C. The highest BCUT2D eigenvalue weighted by Gasteiger charge is 2.54. The molecular weight excluding hydrogens is 480 g/mol. The summed E-state index contributed by atoms with van der Waals surface area (Å²) < 4.78 is 0. The quantitative estimate of drug-likeness (QED) is 0.465. The molecule has 0 bridgehead atoms. The molecule has 0 radical (unpaired) electrons. The molecule has 39 heavy (non-hydrogen) atoms. The van der Waals surface area contributed by atoms with Crippen molar-refractivity contribution in [2.45, 2.75) is 145 Å². The molecule has 3 rings (SSSR count). The van der Waals surface area contributed by atoms with Crippen LogP contribution in [-0.4, -0.2) is 108 Å². The third-order valence-electron chi connectivity index (χ3n) is 11.4. The van der Waals surface area contributed by atoms with Crippen molar-refractivity contribution in [2.75, 3.05) is 52.4 Å². The van der Waals surface area contributed by atoms with Gasteiger partial charge in [0.05, 0.1) is 0 Å². The molecule has 3 aliphatic heterocycles. The van der Waals surface area contributed by atoms with Crippen LogP contribution in [-0.2, 0) is 0 Å². The fourth-order valence-electron chi connectivity index (χ4n) is 7.71. The smallest absolute Gasteiger partial charge is 0.0335 e. The summed E-state index contributed by atoms with van der Waals surface area (Å²) in [5.74, 6) is 0. The number of hydrogen-bond donors (Lipinski definition) is 3. The van der Waals surface area contributed by atoms with Gasteiger partial charge in [0.15, 0.2) is 0 Å². The Balaban J connectivity index is 1.85. The van der Waals surface area contributed by atoms with Gasteiger partial charge in [-0.25, -0.2) is 0 Å². The fourth-order valence-corrected chi connectivity index (χ4v) is 7.71. The molecule has 230 valence electrons. The molecule has 0 aromatic carbocycles. The molecule has 0 aliphatic carbocycles. The van der Waals surface area contributed by atoms with E-state index in [0.717, 1.165) is 52.4 Å². The maximum atomic E-state index is 4.25. The first-order chi connectivity index (χ1) is 17.5. The summed E-state index contributed by atoms with van der Waals surface area (Å²) in [6, 6.07) is 1.72. The first kappa shape index (κ1) is 33.3. The van der Waals surface area contributed by atoms with Crippen LogP contribution in [0.4, 0.5) is 0 Å². The maximum absolute atomic E-state index is 4.25. The van der Waals surface area contributed by atoms with Crippen molar-refractivity contribution in [1.29, 1.82) is 0 Å². The summed E-state index contributed by atoms with van der Waals surface area (Å²) in [7, 11) is 0. The lowest BCUT2D eigenvalue weighted by atomic mass is 9.67. The molecule has 3 heterocycles. The third kappa shape index (κ3) is 6.72. The second-order valence-corrected chi connectivity index (χ2v) is 17.8. The Morgan fingerprint density at radius 2 is 1.08 bits per heavy atom. The summed E-state index contributed by atoms with van der Waals surface area (Å²) >= 11 is 0. The summed E-state index contributed by atoms with van der Waals surface area (Å²) in [6.45, 7) is 45.4. The molecular formula is C33H68N6. The van der Waals surface area contributed by atoms with Gasteiger partial charge in [-0.1, -0.05) is 55.4 Å². The highest BCUT2D eigenvalue weighted by atomic mass is 15.4. The van der Waals surface area contributed by atoms with Crippen LogP contribution in [0, 0.1) is 16.2 Å². The van der Waals surface area contributed by atoms with Crippen molar-refractivity contribution in [3.8, 4) is 0 Å². The molecule has 3 N–H and O–H groups in total. The van der Waals surface area contributed by atoms with Gasteiger partial charge in [0, 0.05) is 93.1 Å². The van der Waals surface area contributed by atoms with Gasteiger partial charge in [0.2, 0.25) is 0 Å². The monoisotopic (exact) mass is 549 g/mol. The minimum atomic E-state index is 0.0282. The van der Waals surface area contributed by atoms with Gasteiger partial charge < -0.3 is 16.0 Å². The zero-order chi connectivity index (χ0) is 29.8. The van der Waals surface area contributed by atoms with E-state index in [2.05, 4.69) is 135 Å². The number of hydrogen-bond acceptors (Lipinski definition) is 6. The number of nitrogens with zero attached hydrogens (tertiary/aromatic N) is 3. The summed E-state index contributed by atoms with van der Waals surface area (Å²) in [5.41, 5.74) is 0.817. The Kier molecular flexibility index (Phi) is 9.48. The maximum Gasteiger partial charge on any atom is 0.0335 e. The lowest BCUT2D eigenvalue weighted by molar-refractivity contribution is -0.109. The number of piperazine rings is 3. The van der Waals surface area contributed by atoms with Crippen molar-refractivity contribution in [1.82, 2.24) is 30.7 Å². The van der Waals surface area contributed by atoms with E-state index in [9.17, 15) is 0 Å². The standard InChI is InChI=1S/C33H68N6/c1-28(2,3)26-27(29(4,5)6)36-24(22-35-26)31(10,11)25-23-34-16-17-39(25)33(14,15)32(12,13)38-20-18-37(19-21-38)30(7,8)9/h24-27,34-36H,16-23H2,1-15H3. The lowest BCUT2D eigenvalue weighted by Crippen LogP contribution is -2.77. The van der Waals surface area contributed by atoms with Gasteiger partial charge >= 0.3 is 0 Å². The molecule has 6 nitrogen and oxygen atoms in total. The zero-order valence-corrected chi connectivity index (χ0v) is 28.8. The molecule has 3 fully saturated rings. The van der Waals surface area contributed by atoms with E-state index in [0.29, 0.717) is 24.2 Å². The molecule has 0 amide bonds. The molecule has 4 unspecified atom stereocenters. The summed E-state index contributed by atoms with van der Waals surface area (Å²) in [4.78, 5) is 8.33. The molecule has 0 spiro atoms. The van der Waals surface area contributed by atoms with Crippen LogP contribution in [0.1, 0.15) is 104 Å². The molecule has 0 aromatic rings. The van der Waals surface area contributed by atoms with E-state index in [-0.39, 0.29) is 32.9 Å². The van der Waals surface area contributed by atoms with Crippen LogP contribution < -0.4 is 16.0 Å². The topological polar surface area (TPSA) is 45.8 Å². The van der Waals surface area contributed by atoms with Gasteiger partial charge in [-0.3, -0.25) is 14.7 Å². The van der Waals surface area contributed by atoms with Crippen LogP contribution in [0.15, 0.2) is 0 Å². The number of rotatable bonds is 5. The van der Waals surface area contributed by atoms with E-state index in [1.54, 1.807) is 0 Å². The van der Waals surface area contributed by atoms with Crippen molar-refractivity contribution < 1.29 is 0 Å². The van der Waals surface area contributed by atoms with E-state index in [4.69, 9.17) is 0 Å². The van der Waals surface area contributed by atoms with Crippen molar-refractivity contribution in [3.05, 3.63) is 0 Å². The van der Waals surface area contributed by atoms with Crippen LogP contribution in [0.5, 0.6) is 0 Å². The van der Waals surface area contributed by atoms with Crippen molar-refractivity contribution in [2.24, 2.45) is 16.2 Å². The Morgan fingerprint density at radius 1 is 0.564 bits per heavy atom. The summed E-state index contributed by atoms with van der Waals surface area (Å²) in [6.07, 6.45) is 0. The Labute approximate surface area is 243 Å². The third-order valence-corrected chi connectivity index (χ3v) is 11.4. The first-order valence-electron chi connectivity index (χ1n) is 16.0. The average molecular weight is 549 g/mol. The van der Waals surface area contributed by atoms with Crippen molar-refractivity contribution >= 4 is 0 Å². The van der Waals surface area contributed by atoms with E-state index in [1.807, 2.05) is 0 Å². The predicted molar refractivity (Wildman–Crippen MR) is 170 cm³/mol. The number of nitrogens with one attached hydrogen (secondary N) is 3. The minimum Gasteiger partial charge on any atom is -0.314 e. The molecule has 3 saturated heterocycles. The average Bonchev–Trinajstić information content (AvgIpc) is 2.82. The van der Waals surface area contributed by atoms with Crippen LogP contribution in [0.3, 0.4) is 0 Å². The highest BCUT2D eigenvalue weighted by molar-refractivity contribution is 5.12. The lowest BCUT2D eigenvalue weighted by Gasteiger charge is -2.62. The molecule has 4 atom stereocenters. The molecule has 3 aliphatic rings. The van der Waals surface area contributed by atoms with Gasteiger partial charge in [0.25, 0.3) is 0 Å². The first-order valence-corrected chi connectivity index (χ1v) is 16.0. The van der Waals surface area contributed by atoms with Crippen LogP contribution in [0.2, 0.25) is 0 Å². The second kappa shape index (κ2) is 11.1. The van der Waals surface area contributed by atoms with E-state index < -0.39 is 0 Å². The molecule has 6 heteroatoms. The van der Waals surface area contributed by atoms with E-state index in [1.165, 1.54) is 0 Å². The van der Waals surface area contributed by atoms with Crippen LogP contribution >= 0.6 is 0 Å². The van der Waals surface area contributed by atoms with Gasteiger partial charge in [-0.05, 0) is 64.7 Å². The Hall–Kier alpha value is -0.240. The fraction of sp³-hybridized carbons (Fsp3) is 1.00. The molecule has 0 aromatic heterocycles. The largest absolute Gasteiger partial charge is 0.314 e. The Bertz CT molecular complexity index is 804. The van der Waals surface area contributed by atoms with Gasteiger partial charge in [0.1, 0.15) is 0 Å². The van der Waals surface area contributed by atoms with Crippen LogP contribution in [0.25, 0.3) is 0 Å². The van der Waals surface area contributed by atoms with Gasteiger partial charge in [-0.15, -0.1) is 0 Å². The van der Waals surface area contributed by atoms with Crippen molar-refractivity contribution in [3.63, 3.8) is 0 Å². The molecule has 0 saturated carbocycles. The zero-order valence-electron chi connectivity index (χ0n) is 28.8. The minimum absolute atomic E-state index is 0.0282. The van der Waals surface area contributed by atoms with E-state index >= 15 is 0 Å². The second-order valence-electron chi connectivity index (χ2n) is 17.8. The highest BCUT2D eigenvalue weighted by Crippen LogP contribution is 2.43. The Morgan fingerprint density at radius 3 is 1.56 bits per heavy atom.